The van der Waals surface area contributed by atoms with E-state index in [1.807, 2.05) is 0 Å². The molecule has 0 saturated carbocycles. The monoisotopic (exact) mass is 269 g/mol. The first-order valence-corrected chi connectivity index (χ1v) is 5.55. The summed E-state index contributed by atoms with van der Waals surface area (Å²) in [5, 5.41) is 0. The van der Waals surface area contributed by atoms with E-state index in [2.05, 4.69) is 9.72 Å². The quantitative estimate of drug-likeness (QED) is 0.753. The number of aromatic nitrogens is 1. The number of esters is 1. The Morgan fingerprint density at radius 2 is 2.00 bits per heavy atom. The topological polar surface area (TPSA) is 73.3 Å². The number of hydrogen-bond acceptors (Lipinski definition) is 5. The molecule has 1 rings (SSSR count). The van der Waals surface area contributed by atoms with Crippen LogP contribution in [-0.4, -0.2) is 32.0 Å². The number of methoxy groups -OCH3 is 1. The number of nitrogens with zero attached hydrogens (tertiary/aromatic N) is 1. The summed E-state index contributed by atoms with van der Waals surface area (Å²) in [6.45, 7) is 0. The lowest BCUT2D eigenvalue weighted by atomic mass is 10.3. The second-order valence-electron chi connectivity index (χ2n) is 2.79. The van der Waals surface area contributed by atoms with E-state index in [9.17, 15) is 26.4 Å². The average Bonchev–Trinajstić information content (AvgIpc) is 2.26. The fraction of sp³-hybridized carbons (Fsp3) is 0.250. The van der Waals surface area contributed by atoms with Crippen molar-refractivity contribution in [2.75, 3.05) is 7.11 Å². The Kier molecular flexibility index (Phi) is 3.41. The molecule has 17 heavy (non-hydrogen) atoms. The minimum atomic E-state index is -5.63. The highest BCUT2D eigenvalue weighted by molar-refractivity contribution is 7.92. The van der Waals surface area contributed by atoms with Crippen molar-refractivity contribution in [2.24, 2.45) is 0 Å². The summed E-state index contributed by atoms with van der Waals surface area (Å²) in [6.07, 6.45) is 0.988. The van der Waals surface area contributed by atoms with Crippen LogP contribution in [0.15, 0.2) is 23.2 Å². The summed E-state index contributed by atoms with van der Waals surface area (Å²) in [5.41, 5.74) is -6.40. The number of halogens is 3. The van der Waals surface area contributed by atoms with Crippen LogP contribution in [0.5, 0.6) is 0 Å². The summed E-state index contributed by atoms with van der Waals surface area (Å²) >= 11 is 0. The molecule has 1 aromatic heterocycles. The number of carbonyl (C=O) groups excluding carboxylic acids is 1. The van der Waals surface area contributed by atoms with Gasteiger partial charge in [0, 0.05) is 6.20 Å². The molecule has 9 heteroatoms. The zero-order valence-electron chi connectivity index (χ0n) is 8.35. The van der Waals surface area contributed by atoms with Crippen LogP contribution in [0, 0.1) is 0 Å². The molecule has 94 valence electrons. The Bertz CT molecular complexity index is 538. The van der Waals surface area contributed by atoms with Gasteiger partial charge in [-0.05, 0) is 12.1 Å². The van der Waals surface area contributed by atoms with Gasteiger partial charge in [-0.3, -0.25) is 0 Å². The predicted octanol–water partition coefficient (Wildman–Crippen LogP) is 1.16. The second kappa shape index (κ2) is 4.32. The summed E-state index contributed by atoms with van der Waals surface area (Å²) < 4.78 is 63.3. The van der Waals surface area contributed by atoms with E-state index < -0.39 is 31.9 Å². The molecule has 0 aliphatic rings. The number of sulfone groups is 1. The van der Waals surface area contributed by atoms with Crippen LogP contribution in [0.3, 0.4) is 0 Å². The predicted molar refractivity (Wildman–Crippen MR) is 48.8 cm³/mol. The Morgan fingerprint density at radius 3 is 2.47 bits per heavy atom. The van der Waals surface area contributed by atoms with Gasteiger partial charge < -0.3 is 4.74 Å². The third-order valence-corrected chi connectivity index (χ3v) is 3.26. The van der Waals surface area contributed by atoms with Crippen LogP contribution < -0.4 is 0 Å². The lowest BCUT2D eigenvalue weighted by molar-refractivity contribution is -0.0436. The number of ether oxygens (including phenoxy) is 1. The molecular weight excluding hydrogens is 263 g/mol. The van der Waals surface area contributed by atoms with Crippen LogP contribution in [0.25, 0.3) is 0 Å². The maximum atomic E-state index is 12.3. The largest absolute Gasteiger partial charge is 0.501 e. The smallest absolute Gasteiger partial charge is 0.464 e. The summed E-state index contributed by atoms with van der Waals surface area (Å²) in [4.78, 5) is 13.1. The lowest BCUT2D eigenvalue weighted by Crippen LogP contribution is -2.26. The number of carbonyl (C=O) groups is 1. The van der Waals surface area contributed by atoms with Crippen molar-refractivity contribution in [3.8, 4) is 0 Å². The van der Waals surface area contributed by atoms with Crippen LogP contribution in [0.4, 0.5) is 13.2 Å². The molecular formula is C8H6F3NO4S. The van der Waals surface area contributed by atoms with Gasteiger partial charge >= 0.3 is 11.5 Å². The van der Waals surface area contributed by atoms with Crippen molar-refractivity contribution >= 4 is 15.8 Å². The number of hydrogen-bond donors (Lipinski definition) is 0. The van der Waals surface area contributed by atoms with Gasteiger partial charge in [-0.1, -0.05) is 0 Å². The van der Waals surface area contributed by atoms with Crippen molar-refractivity contribution in [3.05, 3.63) is 24.0 Å². The normalized spacial score (nSPS) is 12.2. The molecule has 0 spiro atoms. The molecule has 0 aliphatic heterocycles. The van der Waals surface area contributed by atoms with Crippen molar-refractivity contribution < 1.29 is 31.1 Å². The van der Waals surface area contributed by atoms with Crippen molar-refractivity contribution in [3.63, 3.8) is 0 Å². The first-order valence-electron chi connectivity index (χ1n) is 4.06. The highest BCUT2D eigenvalue weighted by Gasteiger charge is 2.48. The number of alkyl halides is 3. The zero-order chi connectivity index (χ0) is 13.3. The zero-order valence-corrected chi connectivity index (χ0v) is 9.17. The van der Waals surface area contributed by atoms with E-state index in [0.29, 0.717) is 6.07 Å². The van der Waals surface area contributed by atoms with Gasteiger partial charge in [-0.25, -0.2) is 18.2 Å². The van der Waals surface area contributed by atoms with Gasteiger partial charge in [0.25, 0.3) is 9.84 Å². The molecule has 0 aliphatic carbocycles. The molecule has 0 bridgehead atoms. The molecule has 0 unspecified atom stereocenters. The van der Waals surface area contributed by atoms with Gasteiger partial charge in [0.2, 0.25) is 0 Å². The van der Waals surface area contributed by atoms with Gasteiger partial charge in [-0.2, -0.15) is 13.2 Å². The van der Waals surface area contributed by atoms with Gasteiger partial charge in [-0.15, -0.1) is 0 Å². The molecule has 0 atom stereocenters. The summed E-state index contributed by atoms with van der Waals surface area (Å²) in [5.74, 6) is -1.26. The van der Waals surface area contributed by atoms with E-state index in [1.54, 1.807) is 0 Å². The van der Waals surface area contributed by atoms with Gasteiger partial charge in [0.05, 0.1) is 7.11 Å². The van der Waals surface area contributed by atoms with Crippen LogP contribution in [0.2, 0.25) is 0 Å². The SMILES string of the molecule is COC(=O)c1ncccc1S(=O)(=O)C(F)(F)F. The summed E-state index contributed by atoms with van der Waals surface area (Å²) in [6, 6.07) is 1.62. The third-order valence-electron chi connectivity index (χ3n) is 1.74. The molecule has 0 radical (unpaired) electrons. The number of pyridine rings is 1. The van der Waals surface area contributed by atoms with Crippen LogP contribution in [0.1, 0.15) is 10.5 Å². The maximum Gasteiger partial charge on any atom is 0.501 e. The lowest BCUT2D eigenvalue weighted by Gasteiger charge is -2.10. The molecule has 0 aromatic carbocycles. The van der Waals surface area contributed by atoms with E-state index in [-0.39, 0.29) is 0 Å². The minimum Gasteiger partial charge on any atom is -0.464 e. The maximum absolute atomic E-state index is 12.3. The Morgan fingerprint density at radius 1 is 1.41 bits per heavy atom. The average molecular weight is 269 g/mol. The standard InChI is InChI=1S/C8H6F3NO4S/c1-16-7(13)6-5(3-2-4-12-6)17(14,15)8(9,10)11/h2-4H,1H3. The first kappa shape index (κ1) is 13.4. The Labute approximate surface area is 94.1 Å². The fourth-order valence-corrected chi connectivity index (χ4v) is 1.88. The molecule has 0 N–H and O–H groups in total. The highest BCUT2D eigenvalue weighted by atomic mass is 32.2. The van der Waals surface area contributed by atoms with Crippen molar-refractivity contribution in [1.29, 1.82) is 0 Å². The molecule has 0 fully saturated rings. The van der Waals surface area contributed by atoms with E-state index in [0.717, 1.165) is 19.4 Å². The molecule has 0 saturated heterocycles. The Balaban J connectivity index is 3.49. The Hall–Kier alpha value is -1.64. The molecule has 0 amide bonds. The van der Waals surface area contributed by atoms with Crippen molar-refractivity contribution in [1.82, 2.24) is 4.98 Å². The van der Waals surface area contributed by atoms with E-state index in [4.69, 9.17) is 0 Å². The van der Waals surface area contributed by atoms with Gasteiger partial charge in [0.15, 0.2) is 5.69 Å². The third kappa shape index (κ3) is 2.38. The van der Waals surface area contributed by atoms with Gasteiger partial charge in [0.1, 0.15) is 4.90 Å². The van der Waals surface area contributed by atoms with E-state index >= 15 is 0 Å². The minimum absolute atomic E-state index is 0.641. The molecule has 5 nitrogen and oxygen atoms in total. The second-order valence-corrected chi connectivity index (χ2v) is 4.70. The highest BCUT2D eigenvalue weighted by Crippen LogP contribution is 2.31. The molecule has 1 aromatic rings. The number of rotatable bonds is 2. The van der Waals surface area contributed by atoms with Crippen LogP contribution in [-0.2, 0) is 14.6 Å². The van der Waals surface area contributed by atoms with Crippen molar-refractivity contribution in [2.45, 2.75) is 10.4 Å². The summed E-state index contributed by atoms with van der Waals surface area (Å²) in [7, 11) is -4.72. The molecule has 1 heterocycles. The van der Waals surface area contributed by atoms with Crippen LogP contribution >= 0.6 is 0 Å². The first-order chi connectivity index (χ1) is 7.71. The fourth-order valence-electron chi connectivity index (χ4n) is 0.982. The van der Waals surface area contributed by atoms with E-state index in [1.165, 1.54) is 0 Å².